The van der Waals surface area contributed by atoms with Gasteiger partial charge in [-0.1, -0.05) is 13.8 Å². The maximum absolute atomic E-state index is 11.4. The van der Waals surface area contributed by atoms with E-state index in [1.165, 1.54) is 0 Å². The van der Waals surface area contributed by atoms with E-state index in [-0.39, 0.29) is 5.97 Å². The Bertz CT molecular complexity index is 501. The zero-order valence-electron chi connectivity index (χ0n) is 14.0. The maximum Gasteiger partial charge on any atom is 0.340 e. The molecule has 2 heterocycles. The van der Waals surface area contributed by atoms with Gasteiger partial charge in [0, 0.05) is 18.8 Å². The van der Waals surface area contributed by atoms with Crippen molar-refractivity contribution in [1.82, 2.24) is 14.8 Å². The van der Waals surface area contributed by atoms with Crippen LogP contribution in [0.4, 0.5) is 0 Å². The van der Waals surface area contributed by atoms with E-state index in [4.69, 9.17) is 4.74 Å². The first kappa shape index (κ1) is 16.9. The van der Waals surface area contributed by atoms with Gasteiger partial charge in [0.1, 0.15) is 6.61 Å². The van der Waals surface area contributed by atoms with Gasteiger partial charge in [0.2, 0.25) is 0 Å². The zero-order chi connectivity index (χ0) is 15.9. The lowest BCUT2D eigenvalue weighted by Gasteiger charge is -2.22. The minimum absolute atomic E-state index is 0.245. The average molecular weight is 305 g/mol. The number of carbonyl (C=O) groups excluding carboxylic acids is 1. The number of hydrogen-bond donors (Lipinski definition) is 0. The van der Waals surface area contributed by atoms with Gasteiger partial charge in [-0.3, -0.25) is 4.98 Å². The van der Waals surface area contributed by atoms with Gasteiger partial charge in [0.15, 0.2) is 0 Å². The van der Waals surface area contributed by atoms with Gasteiger partial charge in [-0.05, 0) is 51.7 Å². The molecule has 0 saturated heterocycles. The number of likely N-dealkylation sites (N-methyl/N-ethyl adjacent to an activating group) is 2. The highest BCUT2D eigenvalue weighted by Gasteiger charge is 2.22. The highest BCUT2D eigenvalue weighted by Crippen LogP contribution is 2.18. The summed E-state index contributed by atoms with van der Waals surface area (Å²) in [6.45, 7) is 10.3. The number of esters is 1. The van der Waals surface area contributed by atoms with Crippen LogP contribution in [0.5, 0.6) is 0 Å². The third kappa shape index (κ3) is 4.52. The number of carbonyl (C=O) groups is 1. The second kappa shape index (κ2) is 8.25. The molecule has 0 unspecified atom stereocenters. The first-order chi connectivity index (χ1) is 10.6. The summed E-state index contributed by atoms with van der Waals surface area (Å²) in [5.41, 5.74) is 2.46. The summed E-state index contributed by atoms with van der Waals surface area (Å²) in [5.74, 6) is -0.245. The number of rotatable bonds is 9. The molecule has 0 aliphatic carbocycles. The highest BCUT2D eigenvalue weighted by atomic mass is 16.5. The molecule has 1 aromatic heterocycles. The van der Waals surface area contributed by atoms with Crippen molar-refractivity contribution in [3.8, 4) is 0 Å². The van der Waals surface area contributed by atoms with Crippen LogP contribution in [0.1, 0.15) is 42.0 Å². The van der Waals surface area contributed by atoms with E-state index >= 15 is 0 Å². The number of aromatic nitrogens is 1. The van der Waals surface area contributed by atoms with E-state index in [9.17, 15) is 4.79 Å². The summed E-state index contributed by atoms with van der Waals surface area (Å²) < 4.78 is 4.98. The minimum atomic E-state index is -0.245. The smallest absolute Gasteiger partial charge is 0.340 e. The van der Waals surface area contributed by atoms with Crippen molar-refractivity contribution in [2.45, 2.75) is 33.3 Å². The molecule has 1 aliphatic heterocycles. The van der Waals surface area contributed by atoms with Crippen molar-refractivity contribution >= 4 is 5.97 Å². The van der Waals surface area contributed by atoms with Crippen molar-refractivity contribution in [3.05, 3.63) is 29.1 Å². The molecule has 0 saturated carbocycles. The number of fused-ring (bicyclic) bond motifs is 1. The summed E-state index contributed by atoms with van der Waals surface area (Å²) in [6.07, 6.45) is 2.02. The molecule has 0 amide bonds. The summed E-state index contributed by atoms with van der Waals surface area (Å²) >= 11 is 0. The maximum atomic E-state index is 11.4. The number of pyridine rings is 1. The van der Waals surface area contributed by atoms with E-state index in [2.05, 4.69) is 35.7 Å². The molecule has 5 heteroatoms. The van der Waals surface area contributed by atoms with Crippen LogP contribution in [0.15, 0.2) is 12.1 Å². The quantitative estimate of drug-likeness (QED) is 0.653. The molecule has 0 radical (unpaired) electrons. The highest BCUT2D eigenvalue weighted by molar-refractivity contribution is 5.92. The fourth-order valence-electron chi connectivity index (χ4n) is 2.69. The molecule has 0 atom stereocenters. The average Bonchev–Trinajstić information content (AvgIpc) is 2.89. The summed E-state index contributed by atoms with van der Waals surface area (Å²) in [6, 6.07) is 3.79. The number of ether oxygens (including phenoxy) is 1. The summed E-state index contributed by atoms with van der Waals surface area (Å²) in [4.78, 5) is 20.7. The lowest BCUT2D eigenvalue weighted by atomic mass is 10.1. The van der Waals surface area contributed by atoms with Gasteiger partial charge in [0.05, 0.1) is 11.3 Å². The van der Waals surface area contributed by atoms with E-state index in [1.807, 2.05) is 12.1 Å². The molecule has 122 valence electrons. The van der Waals surface area contributed by atoms with Crippen molar-refractivity contribution in [2.75, 3.05) is 39.8 Å². The van der Waals surface area contributed by atoms with Crippen LogP contribution in [0.2, 0.25) is 0 Å². The lowest BCUT2D eigenvalue weighted by molar-refractivity contribution is 0.0533. The fraction of sp³-hybridized carbons (Fsp3) is 0.647. The molecule has 2 rings (SSSR count). The van der Waals surface area contributed by atoms with Gasteiger partial charge in [-0.25, -0.2) is 4.79 Å². The first-order valence-corrected chi connectivity index (χ1v) is 8.20. The van der Waals surface area contributed by atoms with Crippen LogP contribution in [0.25, 0.3) is 0 Å². The van der Waals surface area contributed by atoms with Gasteiger partial charge in [0.25, 0.3) is 0 Å². The predicted molar refractivity (Wildman–Crippen MR) is 87.0 cm³/mol. The third-order valence-electron chi connectivity index (χ3n) is 4.26. The molecule has 1 aliphatic rings. The molecule has 0 fully saturated rings. The number of hydrogen-bond acceptors (Lipinski definition) is 5. The molecular weight excluding hydrogens is 278 g/mol. The fourth-order valence-corrected chi connectivity index (χ4v) is 2.69. The predicted octanol–water partition coefficient (Wildman–Crippen LogP) is 1.96. The molecule has 0 N–H and O–H groups in total. The first-order valence-electron chi connectivity index (χ1n) is 8.20. The number of nitrogens with zero attached hydrogens (tertiary/aromatic N) is 3. The standard InChI is InChI=1S/C17H27N3O2/c1-4-20(5-2)12-11-19(3)10-6-7-14-8-9-15-16(18-14)13-22-17(15)21/h8-9H,4-7,10-13H2,1-3H3. The molecule has 5 nitrogen and oxygen atoms in total. The van der Waals surface area contributed by atoms with Gasteiger partial charge in [-0.2, -0.15) is 0 Å². The van der Waals surface area contributed by atoms with Crippen LogP contribution < -0.4 is 0 Å². The number of cyclic esters (lactones) is 1. The molecule has 0 aromatic carbocycles. The van der Waals surface area contributed by atoms with Crippen molar-refractivity contribution < 1.29 is 9.53 Å². The van der Waals surface area contributed by atoms with Gasteiger partial charge >= 0.3 is 5.97 Å². The van der Waals surface area contributed by atoms with Crippen molar-refractivity contribution in [1.29, 1.82) is 0 Å². The van der Waals surface area contributed by atoms with E-state index in [1.54, 1.807) is 0 Å². The Morgan fingerprint density at radius 3 is 2.68 bits per heavy atom. The number of aryl methyl sites for hydroxylation is 1. The Kier molecular flexibility index (Phi) is 6.34. The zero-order valence-corrected chi connectivity index (χ0v) is 14.0. The van der Waals surface area contributed by atoms with E-state index in [0.717, 1.165) is 57.0 Å². The molecule has 0 bridgehead atoms. The van der Waals surface area contributed by atoms with Crippen molar-refractivity contribution in [3.63, 3.8) is 0 Å². The Hall–Kier alpha value is -1.46. The summed E-state index contributed by atoms with van der Waals surface area (Å²) in [7, 11) is 2.17. The monoisotopic (exact) mass is 305 g/mol. The van der Waals surface area contributed by atoms with Crippen LogP contribution >= 0.6 is 0 Å². The lowest BCUT2D eigenvalue weighted by Crippen LogP contribution is -2.33. The van der Waals surface area contributed by atoms with Crippen LogP contribution in [0, 0.1) is 0 Å². The van der Waals surface area contributed by atoms with Gasteiger partial charge in [-0.15, -0.1) is 0 Å². The third-order valence-corrected chi connectivity index (χ3v) is 4.26. The summed E-state index contributed by atoms with van der Waals surface area (Å²) in [5, 5.41) is 0. The second-order valence-corrected chi connectivity index (χ2v) is 5.81. The Balaban J connectivity index is 1.71. The Morgan fingerprint density at radius 1 is 1.18 bits per heavy atom. The SMILES string of the molecule is CCN(CC)CCN(C)CCCc1ccc2c(n1)COC2=O. The molecule has 1 aromatic rings. The minimum Gasteiger partial charge on any atom is -0.456 e. The van der Waals surface area contributed by atoms with Crippen LogP contribution in [0.3, 0.4) is 0 Å². The van der Waals surface area contributed by atoms with Crippen LogP contribution in [-0.2, 0) is 17.8 Å². The normalized spacial score (nSPS) is 13.8. The Morgan fingerprint density at radius 2 is 1.95 bits per heavy atom. The van der Waals surface area contributed by atoms with Gasteiger partial charge < -0.3 is 14.5 Å². The molecular formula is C17H27N3O2. The van der Waals surface area contributed by atoms with E-state index in [0.29, 0.717) is 12.2 Å². The second-order valence-electron chi connectivity index (χ2n) is 5.81. The molecule has 22 heavy (non-hydrogen) atoms. The topological polar surface area (TPSA) is 45.7 Å². The van der Waals surface area contributed by atoms with Crippen molar-refractivity contribution in [2.24, 2.45) is 0 Å². The Labute approximate surface area is 133 Å². The van der Waals surface area contributed by atoms with E-state index < -0.39 is 0 Å². The van der Waals surface area contributed by atoms with Crippen LogP contribution in [-0.4, -0.2) is 60.5 Å². The largest absolute Gasteiger partial charge is 0.456 e. The molecule has 0 spiro atoms.